The van der Waals surface area contributed by atoms with E-state index in [1.165, 1.54) is 17.0 Å². The number of ether oxygens (including phenoxy) is 2. The molecule has 3 aliphatic rings. The Labute approximate surface area is 450 Å². The van der Waals surface area contributed by atoms with E-state index in [-0.39, 0.29) is 102 Å². The van der Waals surface area contributed by atoms with Crippen LogP contribution in [0.4, 0.5) is 10.2 Å². The molecule has 3 amide bonds. The Balaban J connectivity index is 0.834. The van der Waals surface area contributed by atoms with Crippen LogP contribution in [0.1, 0.15) is 75.3 Å². The molecule has 6 aromatic rings. The minimum Gasteiger partial charge on any atom is -0.508 e. The Morgan fingerprint density at radius 2 is 1.74 bits per heavy atom. The molecule has 9 rings (SSSR count). The number of nitrogens with zero attached hydrogens (tertiary/aromatic N) is 9. The van der Waals surface area contributed by atoms with Crippen molar-refractivity contribution in [2.45, 2.75) is 76.6 Å². The third-order valence-electron chi connectivity index (χ3n) is 14.8. The number of nitrogens with one attached hydrogen (secondary N) is 1. The third-order valence-corrected chi connectivity index (χ3v) is 15.1. The van der Waals surface area contributed by atoms with Crippen molar-refractivity contribution in [3.8, 4) is 40.9 Å². The molecule has 4 aromatic carbocycles. The molecule has 0 unspecified atom stereocenters. The summed E-state index contributed by atoms with van der Waals surface area (Å²) in [6.45, 7) is 12.5. The number of benzene rings is 4. The molecule has 400 valence electrons. The van der Waals surface area contributed by atoms with E-state index in [0.717, 1.165) is 31.5 Å². The Bertz CT molecular complexity index is 3260. The second-order valence-electron chi connectivity index (χ2n) is 20.3. The van der Waals surface area contributed by atoms with Crippen LogP contribution in [0, 0.1) is 40.3 Å². The highest BCUT2D eigenvalue weighted by molar-refractivity contribution is 6.35. The fourth-order valence-electron chi connectivity index (χ4n) is 10.7. The predicted molar refractivity (Wildman–Crippen MR) is 285 cm³/mol. The topological polar surface area (TPSA) is 235 Å². The van der Waals surface area contributed by atoms with Gasteiger partial charge in [-0.1, -0.05) is 68.4 Å². The number of nitriles is 2. The first-order valence-electron chi connectivity index (χ1n) is 25.8. The van der Waals surface area contributed by atoms with Crippen molar-refractivity contribution in [3.63, 3.8) is 0 Å². The molecule has 3 fully saturated rings. The van der Waals surface area contributed by atoms with Crippen LogP contribution in [0.15, 0.2) is 90.0 Å². The molecule has 0 bridgehead atoms. The molecule has 2 aromatic heterocycles. The lowest BCUT2D eigenvalue weighted by molar-refractivity contribution is -0.141. The van der Waals surface area contributed by atoms with E-state index in [9.17, 15) is 29.9 Å². The van der Waals surface area contributed by atoms with Gasteiger partial charge in [-0.25, -0.2) is 4.39 Å². The molecular weight excluding hydrogens is 1010 g/mol. The number of halogens is 2. The van der Waals surface area contributed by atoms with Gasteiger partial charge in [0.15, 0.2) is 11.6 Å². The van der Waals surface area contributed by atoms with E-state index in [1.807, 2.05) is 49.9 Å². The van der Waals surface area contributed by atoms with Crippen molar-refractivity contribution < 1.29 is 43.0 Å². The molecule has 3 aliphatic heterocycles. The molecule has 3 saturated heterocycles. The maximum atomic E-state index is 17.2. The molecule has 0 aliphatic carbocycles. The summed E-state index contributed by atoms with van der Waals surface area (Å²) in [5.74, 6) is -1.79. The molecule has 0 radical (unpaired) electrons. The maximum Gasteiger partial charge on any atom is 0.319 e. The van der Waals surface area contributed by atoms with Gasteiger partial charge in [0.05, 0.1) is 53.9 Å². The number of piperazine rings is 1. The second-order valence-corrected chi connectivity index (χ2v) is 20.7. The van der Waals surface area contributed by atoms with Gasteiger partial charge >= 0.3 is 6.01 Å². The largest absolute Gasteiger partial charge is 0.508 e. The number of phenolic OH excluding ortho intramolecular Hbond substituents is 1. The van der Waals surface area contributed by atoms with Crippen LogP contribution in [0.3, 0.4) is 0 Å². The van der Waals surface area contributed by atoms with E-state index in [1.54, 1.807) is 47.4 Å². The summed E-state index contributed by atoms with van der Waals surface area (Å²) in [6.07, 6.45) is 2.10. The number of aromatic nitrogens is 3. The van der Waals surface area contributed by atoms with Gasteiger partial charge in [-0.05, 0) is 108 Å². The second kappa shape index (κ2) is 23.6. The third kappa shape index (κ3) is 11.8. The smallest absolute Gasteiger partial charge is 0.319 e. The number of anilines is 1. The highest BCUT2D eigenvalue weighted by atomic mass is 35.5. The van der Waals surface area contributed by atoms with Gasteiger partial charge in [0.1, 0.15) is 35.7 Å². The number of phenols is 1. The number of aromatic hydroxyl groups is 1. The molecule has 5 atom stereocenters. The van der Waals surface area contributed by atoms with Gasteiger partial charge in [0.2, 0.25) is 17.7 Å². The van der Waals surface area contributed by atoms with E-state index >= 15 is 4.39 Å². The number of amides is 3. The fraction of sp³-hybridized carbons (Fsp3) is 0.404. The van der Waals surface area contributed by atoms with Crippen molar-refractivity contribution in [1.82, 2.24) is 35.1 Å². The number of hydrogen-bond acceptors (Lipinski definition) is 15. The highest BCUT2D eigenvalue weighted by Gasteiger charge is 2.44. The Hall–Kier alpha value is -7.84. The number of hydrogen-bond donors (Lipinski definition) is 3. The Morgan fingerprint density at radius 3 is 2.47 bits per heavy atom. The monoisotopic (exact) mass is 1070 g/mol. The van der Waals surface area contributed by atoms with E-state index in [0.29, 0.717) is 58.6 Å². The van der Waals surface area contributed by atoms with Crippen LogP contribution >= 0.6 is 11.6 Å². The van der Waals surface area contributed by atoms with Crippen LogP contribution in [0.2, 0.25) is 5.02 Å². The van der Waals surface area contributed by atoms with Crippen LogP contribution in [-0.2, 0) is 14.4 Å². The molecular formula is C57H60ClFN10O8. The molecule has 77 heavy (non-hydrogen) atoms. The minimum atomic E-state index is -0.896. The number of likely N-dealkylation sites (tertiary alicyclic amines) is 2. The SMILES string of the molecule is C=CC(=O)N1CCN(c2nc(OCCN3CCC(COc4cc([C@H](C(=O)N5C[C@H](O)C[C@H]5C(=O)N[C@@H](C)c5ccc(C#N)cc5)C(C)C)on4)CC3)nc3c(F)c(-c4cc(O)cc5ccccc45)c(Cl)cc23)C[C@@H]1CC#N. The number of aliphatic hydroxyl groups excluding tert-OH is 1. The van der Waals surface area contributed by atoms with Crippen molar-refractivity contribution in [2.24, 2.45) is 11.8 Å². The zero-order valence-corrected chi connectivity index (χ0v) is 43.8. The summed E-state index contributed by atoms with van der Waals surface area (Å²) < 4.78 is 35.3. The number of aliphatic hydroxyl groups is 1. The van der Waals surface area contributed by atoms with Crippen molar-refractivity contribution in [1.29, 1.82) is 10.5 Å². The molecule has 5 heterocycles. The average molecular weight is 1070 g/mol. The number of carbonyl (C=O) groups excluding carboxylic acids is 3. The first kappa shape index (κ1) is 54.0. The van der Waals surface area contributed by atoms with Crippen LogP contribution in [-0.4, -0.2) is 135 Å². The van der Waals surface area contributed by atoms with E-state index in [2.05, 4.69) is 39.1 Å². The summed E-state index contributed by atoms with van der Waals surface area (Å²) in [7, 11) is 0. The van der Waals surface area contributed by atoms with E-state index in [4.69, 9.17) is 35.8 Å². The fourth-order valence-corrected chi connectivity index (χ4v) is 11.0. The lowest BCUT2D eigenvalue weighted by Gasteiger charge is -2.41. The minimum absolute atomic E-state index is 0.00621. The molecule has 3 N–H and O–H groups in total. The zero-order chi connectivity index (χ0) is 54.5. The molecule has 0 spiro atoms. The Morgan fingerprint density at radius 1 is 0.974 bits per heavy atom. The van der Waals surface area contributed by atoms with Gasteiger partial charge < -0.3 is 44.2 Å². The zero-order valence-electron chi connectivity index (χ0n) is 43.1. The number of β-amino-alcohol motifs (C(OH)–C–C–N with tert-alkyl or cyclic N) is 1. The van der Waals surface area contributed by atoms with Crippen LogP contribution in [0.5, 0.6) is 17.6 Å². The number of carbonyl (C=O) groups is 3. The molecule has 20 heteroatoms. The summed E-state index contributed by atoms with van der Waals surface area (Å²) in [5.41, 5.74) is 1.70. The first-order valence-corrected chi connectivity index (χ1v) is 26.2. The van der Waals surface area contributed by atoms with Crippen molar-refractivity contribution in [3.05, 3.63) is 113 Å². The van der Waals surface area contributed by atoms with Gasteiger partial charge in [0, 0.05) is 56.2 Å². The average Bonchev–Trinajstić information content (AvgIpc) is 4.07. The molecule has 18 nitrogen and oxygen atoms in total. The number of piperidine rings is 1. The lowest BCUT2D eigenvalue weighted by atomic mass is 9.91. The quantitative estimate of drug-likeness (QED) is 0.0744. The summed E-state index contributed by atoms with van der Waals surface area (Å²) in [4.78, 5) is 57.2. The number of fused-ring (bicyclic) bond motifs is 2. The number of rotatable bonds is 17. The molecule has 0 saturated carbocycles. The summed E-state index contributed by atoms with van der Waals surface area (Å²) in [6, 6.07) is 22.9. The normalized spacial score (nSPS) is 19.0. The highest BCUT2D eigenvalue weighted by Crippen LogP contribution is 2.43. The summed E-state index contributed by atoms with van der Waals surface area (Å²) in [5, 5.41) is 49.1. The van der Waals surface area contributed by atoms with Gasteiger partial charge in [-0.2, -0.15) is 20.5 Å². The van der Waals surface area contributed by atoms with Crippen LogP contribution in [0.25, 0.3) is 32.8 Å². The van der Waals surface area contributed by atoms with Gasteiger partial charge in [-0.3, -0.25) is 19.3 Å². The first-order chi connectivity index (χ1) is 37.1. The van der Waals surface area contributed by atoms with Crippen LogP contribution < -0.4 is 19.7 Å². The van der Waals surface area contributed by atoms with Crippen molar-refractivity contribution in [2.75, 3.05) is 63.9 Å². The lowest BCUT2D eigenvalue weighted by Crippen LogP contribution is -2.55. The predicted octanol–water partition coefficient (Wildman–Crippen LogP) is 7.67. The van der Waals surface area contributed by atoms with Crippen molar-refractivity contribution >= 4 is 56.8 Å². The van der Waals surface area contributed by atoms with Gasteiger partial charge in [-0.15, -0.1) is 0 Å². The van der Waals surface area contributed by atoms with E-state index < -0.39 is 36.0 Å². The summed E-state index contributed by atoms with van der Waals surface area (Å²) >= 11 is 6.95. The standard InChI is InChI=1S/C57H60ClFN10O8/c1-5-49(72)68-21-20-67(30-39(68)14-17-60)54-44-27-45(58)51(43-25-40(70)24-38-8-6-7-9-42(38)43)52(59)53(44)63-57(64-54)75-23-22-66-18-15-36(16-19-66)32-76-48-28-47(77-65-48)50(33(2)3)56(74)69-31-41(71)26-46(69)55(73)62-34(4)37-12-10-35(29-61)11-13-37/h5-13,24-25,27-28,33-34,36,39,41,46,50,70-71H,1,14-16,18-23,26,30-32H2,2-4H3,(H,62,73)/t34-,39-,41+,46-,50+/m0/s1. The van der Waals surface area contributed by atoms with Gasteiger partial charge in [0.25, 0.3) is 5.88 Å². The maximum absolute atomic E-state index is 17.2. The Kier molecular flexibility index (Phi) is 16.5.